The minimum absolute atomic E-state index is 0.0214. The molecule has 1 unspecified atom stereocenters. The van der Waals surface area contributed by atoms with E-state index in [1.165, 1.54) is 11.6 Å². The van der Waals surface area contributed by atoms with Gasteiger partial charge in [0.05, 0.1) is 22.9 Å². The van der Waals surface area contributed by atoms with Gasteiger partial charge in [-0.25, -0.2) is 9.78 Å². The first kappa shape index (κ1) is 21.5. The molecule has 0 bridgehead atoms. The third-order valence-electron chi connectivity index (χ3n) is 7.07. The number of hydrogen-bond acceptors (Lipinski definition) is 5. The lowest BCUT2D eigenvalue weighted by atomic mass is 9.90. The molecule has 9 nitrogen and oxygen atoms in total. The first-order valence-corrected chi connectivity index (χ1v) is 11.4. The van der Waals surface area contributed by atoms with E-state index in [-0.39, 0.29) is 11.5 Å². The van der Waals surface area contributed by atoms with Crippen LogP contribution in [0.1, 0.15) is 55.1 Å². The predicted octanol–water partition coefficient (Wildman–Crippen LogP) is 2.01. The normalized spacial score (nSPS) is 20.3. The Labute approximate surface area is 191 Å². The molecule has 1 fully saturated rings. The fraction of sp³-hybridized carbons (Fsp3) is 0.500. The Hall–Kier alpha value is -3.36. The summed E-state index contributed by atoms with van der Waals surface area (Å²) in [6.07, 6.45) is 4.36. The van der Waals surface area contributed by atoms with Crippen LogP contribution in [0.2, 0.25) is 0 Å². The van der Waals surface area contributed by atoms with Gasteiger partial charge in [0, 0.05) is 51.6 Å². The van der Waals surface area contributed by atoms with Gasteiger partial charge < -0.3 is 14.2 Å². The molecule has 0 aliphatic carbocycles. The SMILES string of the molecule is CC(C)n1cnc2cc(C(=O)N3CCCC4(CC3)Cc3c(n(C)c(=O)n(C)c3=O)O4)ccc21. The standard InChI is InChI=1S/C24H29N5O4/c1-15(2)29-14-25-18-12-16(6-7-19(18)29)20(30)28-10-5-8-24(9-11-28)13-17-21(31)26(3)23(32)27(4)22(17)33-24/h6-7,12,14-15H,5,8-11,13H2,1-4H3. The number of hydrogen-bond donors (Lipinski definition) is 0. The highest BCUT2D eigenvalue weighted by Gasteiger charge is 2.44. The van der Waals surface area contributed by atoms with Gasteiger partial charge in [0.1, 0.15) is 5.60 Å². The van der Waals surface area contributed by atoms with E-state index in [0.717, 1.165) is 28.4 Å². The molecule has 0 saturated carbocycles. The zero-order chi connectivity index (χ0) is 23.5. The lowest BCUT2D eigenvalue weighted by Gasteiger charge is -2.27. The summed E-state index contributed by atoms with van der Waals surface area (Å²) in [6.45, 7) is 5.35. The number of ether oxygens (including phenoxy) is 1. The van der Waals surface area contributed by atoms with Crippen molar-refractivity contribution in [2.24, 2.45) is 14.1 Å². The Bertz CT molecular complexity index is 1380. The number of aromatic nitrogens is 4. The van der Waals surface area contributed by atoms with Crippen molar-refractivity contribution in [1.82, 2.24) is 23.6 Å². The maximum absolute atomic E-state index is 13.3. The van der Waals surface area contributed by atoms with Crippen molar-refractivity contribution in [2.75, 3.05) is 13.1 Å². The largest absolute Gasteiger partial charge is 0.471 e. The van der Waals surface area contributed by atoms with Gasteiger partial charge >= 0.3 is 5.69 Å². The predicted molar refractivity (Wildman–Crippen MR) is 124 cm³/mol. The van der Waals surface area contributed by atoms with Crippen LogP contribution in [0, 0.1) is 0 Å². The molecular formula is C24H29N5O4. The third kappa shape index (κ3) is 3.37. The summed E-state index contributed by atoms with van der Waals surface area (Å²) in [5.74, 6) is 0.348. The Kier molecular flexibility index (Phi) is 4.95. The number of carbonyl (C=O) groups excluding carboxylic acids is 1. The molecule has 1 amide bonds. The molecule has 5 rings (SSSR count). The van der Waals surface area contributed by atoms with Crippen LogP contribution in [0.5, 0.6) is 5.88 Å². The van der Waals surface area contributed by atoms with Crippen molar-refractivity contribution >= 4 is 16.9 Å². The van der Waals surface area contributed by atoms with Crippen LogP contribution >= 0.6 is 0 Å². The van der Waals surface area contributed by atoms with Gasteiger partial charge in [-0.3, -0.25) is 18.7 Å². The summed E-state index contributed by atoms with van der Waals surface area (Å²) in [5, 5.41) is 0. The molecule has 1 saturated heterocycles. The minimum atomic E-state index is -0.560. The third-order valence-corrected chi connectivity index (χ3v) is 7.07. The van der Waals surface area contributed by atoms with Crippen molar-refractivity contribution < 1.29 is 9.53 Å². The van der Waals surface area contributed by atoms with Gasteiger partial charge in [-0.1, -0.05) is 0 Å². The lowest BCUT2D eigenvalue weighted by molar-refractivity contribution is 0.0636. The van der Waals surface area contributed by atoms with Gasteiger partial charge in [-0.15, -0.1) is 0 Å². The molecule has 3 aromatic rings. The van der Waals surface area contributed by atoms with Gasteiger partial charge in [0.15, 0.2) is 0 Å². The van der Waals surface area contributed by atoms with Crippen LogP contribution in [0.25, 0.3) is 11.0 Å². The number of likely N-dealkylation sites (tertiary alicyclic amines) is 1. The topological polar surface area (TPSA) is 91.4 Å². The summed E-state index contributed by atoms with van der Waals surface area (Å²) in [5.41, 5.74) is 1.75. The van der Waals surface area contributed by atoms with Gasteiger partial charge in [-0.05, 0) is 44.9 Å². The van der Waals surface area contributed by atoms with Crippen LogP contribution < -0.4 is 16.0 Å². The van der Waals surface area contributed by atoms with Crippen molar-refractivity contribution in [3.05, 3.63) is 56.5 Å². The van der Waals surface area contributed by atoms with Crippen LogP contribution in [-0.2, 0) is 20.5 Å². The van der Waals surface area contributed by atoms with Crippen molar-refractivity contribution in [1.29, 1.82) is 0 Å². The monoisotopic (exact) mass is 451 g/mol. The van der Waals surface area contributed by atoms with E-state index in [2.05, 4.69) is 23.4 Å². The molecule has 4 heterocycles. The fourth-order valence-corrected chi connectivity index (χ4v) is 5.15. The van der Waals surface area contributed by atoms with Crippen molar-refractivity contribution in [3.8, 4) is 5.88 Å². The molecule has 2 aromatic heterocycles. The van der Waals surface area contributed by atoms with E-state index >= 15 is 0 Å². The Morgan fingerprint density at radius 3 is 2.67 bits per heavy atom. The summed E-state index contributed by atoms with van der Waals surface area (Å²) < 4.78 is 10.9. The number of imidazole rings is 1. The second-order valence-electron chi connectivity index (χ2n) is 9.55. The highest BCUT2D eigenvalue weighted by molar-refractivity contribution is 5.97. The molecule has 9 heteroatoms. The zero-order valence-corrected chi connectivity index (χ0v) is 19.5. The molecule has 2 aliphatic heterocycles. The van der Waals surface area contributed by atoms with Crippen LogP contribution in [0.3, 0.4) is 0 Å². The zero-order valence-electron chi connectivity index (χ0n) is 19.5. The Morgan fingerprint density at radius 1 is 1.12 bits per heavy atom. The quantitative estimate of drug-likeness (QED) is 0.595. The second kappa shape index (κ2) is 7.60. The van der Waals surface area contributed by atoms with E-state index in [1.807, 2.05) is 29.4 Å². The molecule has 33 heavy (non-hydrogen) atoms. The van der Waals surface area contributed by atoms with E-state index < -0.39 is 11.3 Å². The first-order chi connectivity index (χ1) is 15.7. The van der Waals surface area contributed by atoms with Crippen LogP contribution in [-0.4, -0.2) is 48.2 Å². The van der Waals surface area contributed by atoms with Gasteiger partial charge in [0.25, 0.3) is 11.5 Å². The molecular weight excluding hydrogens is 422 g/mol. The van der Waals surface area contributed by atoms with E-state index in [0.29, 0.717) is 49.0 Å². The molecule has 0 N–H and O–H groups in total. The maximum Gasteiger partial charge on any atom is 0.333 e. The molecule has 1 spiro atoms. The Morgan fingerprint density at radius 2 is 1.91 bits per heavy atom. The molecule has 0 radical (unpaired) electrons. The first-order valence-electron chi connectivity index (χ1n) is 11.4. The fourth-order valence-electron chi connectivity index (χ4n) is 5.15. The summed E-state index contributed by atoms with van der Waals surface area (Å²) in [7, 11) is 3.12. The van der Waals surface area contributed by atoms with Crippen LogP contribution in [0.4, 0.5) is 0 Å². The second-order valence-corrected chi connectivity index (χ2v) is 9.55. The van der Waals surface area contributed by atoms with E-state index in [9.17, 15) is 14.4 Å². The number of benzene rings is 1. The molecule has 1 aromatic carbocycles. The number of nitrogens with zero attached hydrogens (tertiary/aromatic N) is 5. The highest BCUT2D eigenvalue weighted by atomic mass is 16.5. The molecule has 174 valence electrons. The van der Waals surface area contributed by atoms with Crippen LogP contribution in [0.15, 0.2) is 34.1 Å². The van der Waals surface area contributed by atoms with E-state index in [1.54, 1.807) is 7.05 Å². The summed E-state index contributed by atoms with van der Waals surface area (Å²) in [4.78, 5) is 44.6. The number of fused-ring (bicyclic) bond motifs is 2. The van der Waals surface area contributed by atoms with E-state index in [4.69, 9.17) is 4.74 Å². The number of amides is 1. The Balaban J connectivity index is 1.37. The average Bonchev–Trinajstić information content (AvgIpc) is 3.33. The average molecular weight is 452 g/mol. The molecule has 1 atom stereocenters. The maximum atomic E-state index is 13.3. The minimum Gasteiger partial charge on any atom is -0.471 e. The van der Waals surface area contributed by atoms with Gasteiger partial charge in [-0.2, -0.15) is 0 Å². The van der Waals surface area contributed by atoms with Gasteiger partial charge in [0.2, 0.25) is 5.88 Å². The molecule has 2 aliphatic rings. The summed E-state index contributed by atoms with van der Waals surface area (Å²) >= 11 is 0. The lowest BCUT2D eigenvalue weighted by Crippen LogP contribution is -2.38. The summed E-state index contributed by atoms with van der Waals surface area (Å²) in [6, 6.07) is 5.98. The highest BCUT2D eigenvalue weighted by Crippen LogP contribution is 2.39. The number of carbonyl (C=O) groups is 1. The van der Waals surface area contributed by atoms with Crippen molar-refractivity contribution in [3.63, 3.8) is 0 Å². The van der Waals surface area contributed by atoms with Crippen molar-refractivity contribution in [2.45, 2.75) is 51.2 Å². The smallest absolute Gasteiger partial charge is 0.333 e. The number of rotatable bonds is 2.